The van der Waals surface area contributed by atoms with E-state index >= 15 is 0 Å². The van der Waals surface area contributed by atoms with Gasteiger partial charge in [-0.25, -0.2) is 4.57 Å². The molecule has 0 bridgehead atoms. The Balaban J connectivity index is 0.00000612. The van der Waals surface area contributed by atoms with Gasteiger partial charge in [-0.3, -0.25) is 4.79 Å². The van der Waals surface area contributed by atoms with Crippen LogP contribution in [-0.4, -0.2) is 19.6 Å². The number of methoxy groups -OCH3 is 1. The molecule has 0 atom stereocenters. The summed E-state index contributed by atoms with van der Waals surface area (Å²) >= 11 is 0. The number of aryl methyl sites for hydroxylation is 1. The fourth-order valence-corrected chi connectivity index (χ4v) is 4.09. The normalized spacial score (nSPS) is 10.5. The second-order valence-corrected chi connectivity index (χ2v) is 9.16. The minimum absolute atomic E-state index is 0. The predicted molar refractivity (Wildman–Crippen MR) is 138 cm³/mol. The third kappa shape index (κ3) is 13.2. The van der Waals surface area contributed by atoms with E-state index in [2.05, 4.69) is 12.2 Å². The predicted octanol–water partition coefficient (Wildman–Crippen LogP) is 3.53. The van der Waals surface area contributed by atoms with E-state index in [-0.39, 0.29) is 29.9 Å². The second-order valence-electron chi connectivity index (χ2n) is 9.16. The molecule has 5 nitrogen and oxygen atoms in total. The van der Waals surface area contributed by atoms with E-state index in [0.717, 1.165) is 12.0 Å². The first kappa shape index (κ1) is 31.2. The zero-order valence-electron chi connectivity index (χ0n) is 22.0. The van der Waals surface area contributed by atoms with E-state index in [9.17, 15) is 4.79 Å². The van der Waals surface area contributed by atoms with Crippen molar-refractivity contribution in [3.05, 3.63) is 53.9 Å². The number of hydrogen-bond donors (Lipinski definition) is 1. The molecule has 0 unspecified atom stereocenters. The largest absolute Gasteiger partial charge is 1.00 e. The number of carbonyl (C=O) groups is 1. The Bertz CT molecular complexity index is 844. The molecule has 35 heavy (non-hydrogen) atoms. The van der Waals surface area contributed by atoms with Crippen LogP contribution in [0.2, 0.25) is 0 Å². The maximum Gasteiger partial charge on any atom is 0.251 e. The van der Waals surface area contributed by atoms with Crippen molar-refractivity contribution in [2.75, 3.05) is 13.7 Å². The van der Waals surface area contributed by atoms with E-state index < -0.39 is 0 Å². The third-order valence-corrected chi connectivity index (χ3v) is 6.14. The molecule has 1 heterocycles. The molecule has 196 valence electrons. The first-order valence-electron chi connectivity index (χ1n) is 13.2. The van der Waals surface area contributed by atoms with Gasteiger partial charge in [0, 0.05) is 23.7 Å². The number of ether oxygens (including phenoxy) is 2. The minimum Gasteiger partial charge on any atom is -1.00 e. The molecule has 6 heteroatoms. The van der Waals surface area contributed by atoms with E-state index in [1.54, 1.807) is 19.2 Å². The molecule has 0 spiro atoms. The number of hydrogen-bond acceptors (Lipinski definition) is 3. The number of amides is 1. The van der Waals surface area contributed by atoms with Crippen LogP contribution in [0.1, 0.15) is 99.9 Å². The number of unbranched alkanes of at least 4 members (excludes halogenated alkanes) is 11. The summed E-state index contributed by atoms with van der Waals surface area (Å²) in [6, 6.07) is 9.33. The summed E-state index contributed by atoms with van der Waals surface area (Å²) < 4.78 is 13.4. The lowest BCUT2D eigenvalue weighted by Crippen LogP contribution is -3.00. The lowest BCUT2D eigenvalue weighted by atomic mass is 10.1. The van der Waals surface area contributed by atoms with Gasteiger partial charge in [-0.05, 0) is 30.7 Å². The summed E-state index contributed by atoms with van der Waals surface area (Å²) in [6.45, 7) is 3.42. The molecule has 1 aromatic carbocycles. The van der Waals surface area contributed by atoms with Gasteiger partial charge < -0.3 is 38.8 Å². The molecule has 0 aliphatic rings. The SMILES string of the molecule is CCCCCCCCCCCCCCOc1ccc(C(=O)NCc2ccc[n+](C)c2)cc1OC.[I-]. The van der Waals surface area contributed by atoms with E-state index in [4.69, 9.17) is 9.47 Å². The second kappa shape index (κ2) is 19.4. The Morgan fingerprint density at radius 1 is 0.886 bits per heavy atom. The van der Waals surface area contributed by atoms with Gasteiger partial charge in [-0.15, -0.1) is 0 Å². The van der Waals surface area contributed by atoms with E-state index in [1.165, 1.54) is 70.6 Å². The van der Waals surface area contributed by atoms with Gasteiger partial charge in [0.1, 0.15) is 7.05 Å². The Labute approximate surface area is 230 Å². The molecule has 0 aliphatic heterocycles. The van der Waals surface area contributed by atoms with Gasteiger partial charge in [-0.2, -0.15) is 0 Å². The molecule has 0 saturated carbocycles. The topological polar surface area (TPSA) is 51.4 Å². The van der Waals surface area contributed by atoms with Gasteiger partial charge >= 0.3 is 0 Å². The summed E-state index contributed by atoms with van der Waals surface area (Å²) in [5, 5.41) is 2.96. The highest BCUT2D eigenvalue weighted by Crippen LogP contribution is 2.28. The zero-order chi connectivity index (χ0) is 24.4. The van der Waals surface area contributed by atoms with Crippen molar-refractivity contribution in [1.29, 1.82) is 0 Å². The van der Waals surface area contributed by atoms with Crippen molar-refractivity contribution in [2.24, 2.45) is 7.05 Å². The summed E-state index contributed by atoms with van der Waals surface area (Å²) in [5.74, 6) is 1.16. The standard InChI is InChI=1S/C29H44N2O3.HI/c1-4-5-6-7-8-9-10-11-12-13-14-15-21-34-27-19-18-26(22-28(27)33-3)29(32)30-23-25-17-16-20-31(2)24-25;/h16-20,22,24H,4-15,21,23H2,1-3H3;1H. The minimum atomic E-state index is -0.127. The molecule has 0 radical (unpaired) electrons. The maximum absolute atomic E-state index is 12.6. The zero-order valence-corrected chi connectivity index (χ0v) is 24.1. The van der Waals surface area contributed by atoms with Crippen molar-refractivity contribution < 1.29 is 42.8 Å². The number of aromatic nitrogens is 1. The molecule has 1 amide bonds. The highest BCUT2D eigenvalue weighted by Gasteiger charge is 2.12. The monoisotopic (exact) mass is 596 g/mol. The van der Waals surface area contributed by atoms with Crippen molar-refractivity contribution >= 4 is 5.91 Å². The van der Waals surface area contributed by atoms with Crippen LogP contribution in [0.4, 0.5) is 0 Å². The molecule has 0 saturated heterocycles. The first-order valence-corrected chi connectivity index (χ1v) is 13.2. The number of halogens is 1. The van der Waals surface area contributed by atoms with Crippen LogP contribution >= 0.6 is 0 Å². The van der Waals surface area contributed by atoms with Crippen LogP contribution in [0, 0.1) is 0 Å². The first-order chi connectivity index (χ1) is 16.6. The Kier molecular flexibility index (Phi) is 17.3. The van der Waals surface area contributed by atoms with Crippen LogP contribution < -0.4 is 43.3 Å². The number of nitrogens with zero attached hydrogens (tertiary/aromatic N) is 1. The molecule has 1 aromatic heterocycles. The van der Waals surface area contributed by atoms with Crippen molar-refractivity contribution in [1.82, 2.24) is 5.32 Å². The van der Waals surface area contributed by atoms with Crippen LogP contribution in [0.15, 0.2) is 42.7 Å². The lowest BCUT2D eigenvalue weighted by Gasteiger charge is -2.12. The van der Waals surface area contributed by atoms with Crippen molar-refractivity contribution in [3.8, 4) is 11.5 Å². The molecule has 2 rings (SSSR count). The van der Waals surface area contributed by atoms with Gasteiger partial charge in [0.05, 0.1) is 13.7 Å². The van der Waals surface area contributed by atoms with Crippen LogP contribution in [0.25, 0.3) is 0 Å². The number of benzene rings is 1. The Morgan fingerprint density at radius 2 is 1.51 bits per heavy atom. The quantitative estimate of drug-likeness (QED) is 0.163. The van der Waals surface area contributed by atoms with Gasteiger partial charge in [0.2, 0.25) is 0 Å². The highest BCUT2D eigenvalue weighted by atomic mass is 127. The fraction of sp³-hybridized carbons (Fsp3) is 0.586. The number of pyridine rings is 1. The van der Waals surface area contributed by atoms with E-state index in [1.807, 2.05) is 42.2 Å². The van der Waals surface area contributed by atoms with Crippen LogP contribution in [0.5, 0.6) is 11.5 Å². The summed E-state index contributed by atoms with van der Waals surface area (Å²) in [5.41, 5.74) is 1.61. The summed E-state index contributed by atoms with van der Waals surface area (Å²) in [7, 11) is 3.57. The average molecular weight is 597 g/mol. The molecule has 0 aliphatic carbocycles. The lowest BCUT2D eigenvalue weighted by molar-refractivity contribution is -0.671. The molecule has 0 fully saturated rings. The van der Waals surface area contributed by atoms with Gasteiger partial charge in [0.25, 0.3) is 5.91 Å². The van der Waals surface area contributed by atoms with E-state index in [0.29, 0.717) is 30.2 Å². The number of nitrogens with one attached hydrogen (secondary N) is 1. The van der Waals surface area contributed by atoms with Crippen LogP contribution in [-0.2, 0) is 13.6 Å². The van der Waals surface area contributed by atoms with Gasteiger partial charge in [-0.1, -0.05) is 77.6 Å². The Hall–Kier alpha value is -1.83. The third-order valence-electron chi connectivity index (χ3n) is 6.14. The maximum atomic E-state index is 12.6. The molecule has 1 N–H and O–H groups in total. The Morgan fingerprint density at radius 3 is 2.11 bits per heavy atom. The molecule has 2 aromatic rings. The number of carbonyl (C=O) groups excluding carboxylic acids is 1. The average Bonchev–Trinajstić information content (AvgIpc) is 2.85. The number of rotatable bonds is 18. The molecular formula is C29H45IN2O3. The molecular weight excluding hydrogens is 551 g/mol. The van der Waals surface area contributed by atoms with Crippen LogP contribution in [0.3, 0.4) is 0 Å². The summed E-state index contributed by atoms with van der Waals surface area (Å²) in [4.78, 5) is 12.6. The highest BCUT2D eigenvalue weighted by molar-refractivity contribution is 5.94. The van der Waals surface area contributed by atoms with Crippen molar-refractivity contribution in [3.63, 3.8) is 0 Å². The smallest absolute Gasteiger partial charge is 0.251 e. The van der Waals surface area contributed by atoms with Crippen molar-refractivity contribution in [2.45, 2.75) is 90.5 Å². The van der Waals surface area contributed by atoms with Gasteiger partial charge in [0.15, 0.2) is 23.9 Å². The summed E-state index contributed by atoms with van der Waals surface area (Å²) in [6.07, 6.45) is 19.9. The fourth-order valence-electron chi connectivity index (χ4n) is 4.09.